The Morgan fingerprint density at radius 3 is 2.81 bits per heavy atom. The van der Waals surface area contributed by atoms with Crippen LogP contribution in [0.2, 0.25) is 0 Å². The number of rotatable bonds is 3. The number of halogens is 1. The van der Waals surface area contributed by atoms with E-state index in [1.807, 2.05) is 30.3 Å². The summed E-state index contributed by atoms with van der Waals surface area (Å²) in [4.78, 5) is 17.2. The summed E-state index contributed by atoms with van der Waals surface area (Å²) in [5.41, 5.74) is 2.33. The molecule has 2 aromatic carbocycles. The molecule has 1 heterocycles. The van der Waals surface area contributed by atoms with Gasteiger partial charge in [-0.05, 0) is 23.8 Å². The molecule has 0 atom stereocenters. The topological polar surface area (TPSA) is 36.1 Å². The first-order chi connectivity index (χ1) is 10.1. The fraction of sp³-hybridized carbons (Fsp3) is 0.118. The van der Waals surface area contributed by atoms with Gasteiger partial charge < -0.3 is 9.88 Å². The maximum absolute atomic E-state index is 13.2. The molecule has 106 valence electrons. The predicted octanol–water partition coefficient (Wildman–Crippen LogP) is 3.58. The van der Waals surface area contributed by atoms with Crippen LogP contribution in [0.3, 0.4) is 0 Å². The summed E-state index contributed by atoms with van der Waals surface area (Å²) >= 11 is 0. The number of carbonyl (C=O) groups excluding carboxylic acids is 1. The van der Waals surface area contributed by atoms with Crippen molar-refractivity contribution >= 4 is 16.8 Å². The maximum atomic E-state index is 13.2. The van der Waals surface area contributed by atoms with Gasteiger partial charge in [-0.2, -0.15) is 0 Å². The van der Waals surface area contributed by atoms with E-state index in [0.29, 0.717) is 12.1 Å². The van der Waals surface area contributed by atoms with E-state index in [-0.39, 0.29) is 11.7 Å². The lowest BCUT2D eigenvalue weighted by molar-refractivity contribution is 0.0787. The third-order valence-electron chi connectivity index (χ3n) is 3.48. The fourth-order valence-electron chi connectivity index (χ4n) is 2.44. The first-order valence-corrected chi connectivity index (χ1v) is 6.71. The highest BCUT2D eigenvalue weighted by Gasteiger charge is 2.16. The van der Waals surface area contributed by atoms with Gasteiger partial charge in [0, 0.05) is 30.7 Å². The second kappa shape index (κ2) is 5.40. The first kappa shape index (κ1) is 13.4. The lowest BCUT2D eigenvalue weighted by Gasteiger charge is -2.17. The average Bonchev–Trinajstić information content (AvgIpc) is 2.90. The van der Waals surface area contributed by atoms with E-state index < -0.39 is 0 Å². The van der Waals surface area contributed by atoms with Crippen LogP contribution in [-0.2, 0) is 6.54 Å². The van der Waals surface area contributed by atoms with Crippen LogP contribution in [0.1, 0.15) is 15.9 Å². The molecule has 0 radical (unpaired) electrons. The molecule has 4 heteroatoms. The van der Waals surface area contributed by atoms with Crippen LogP contribution in [0.15, 0.2) is 54.7 Å². The molecule has 0 spiro atoms. The van der Waals surface area contributed by atoms with Crippen molar-refractivity contribution in [3.05, 3.63) is 71.7 Å². The summed E-state index contributed by atoms with van der Waals surface area (Å²) in [6.45, 7) is 0.371. The van der Waals surface area contributed by atoms with Gasteiger partial charge >= 0.3 is 0 Å². The molecule has 0 aliphatic rings. The van der Waals surface area contributed by atoms with Gasteiger partial charge in [-0.1, -0.05) is 30.3 Å². The number of nitrogens with one attached hydrogen (secondary N) is 1. The standard InChI is InChI=1S/C17H15FN2O/c1-20(11-12-5-4-6-13(18)9-12)17(21)15-10-19-16-8-3-2-7-14(15)16/h2-10,19H,11H2,1H3. The molecule has 3 rings (SSSR count). The Labute approximate surface area is 122 Å². The Balaban J connectivity index is 1.84. The van der Waals surface area contributed by atoms with Gasteiger partial charge in [0.15, 0.2) is 0 Å². The third kappa shape index (κ3) is 2.65. The molecular weight excluding hydrogens is 267 g/mol. The van der Waals surface area contributed by atoms with Crippen molar-refractivity contribution in [1.29, 1.82) is 0 Å². The molecule has 0 aliphatic heterocycles. The van der Waals surface area contributed by atoms with Crippen LogP contribution in [0.5, 0.6) is 0 Å². The number of fused-ring (bicyclic) bond motifs is 1. The van der Waals surface area contributed by atoms with Crippen molar-refractivity contribution in [2.75, 3.05) is 7.05 Å². The lowest BCUT2D eigenvalue weighted by Crippen LogP contribution is -2.26. The Bertz CT molecular complexity index is 794. The van der Waals surface area contributed by atoms with Crippen molar-refractivity contribution < 1.29 is 9.18 Å². The van der Waals surface area contributed by atoms with Crippen LogP contribution in [0.4, 0.5) is 4.39 Å². The van der Waals surface area contributed by atoms with Gasteiger partial charge in [-0.15, -0.1) is 0 Å². The van der Waals surface area contributed by atoms with E-state index in [4.69, 9.17) is 0 Å². The van der Waals surface area contributed by atoms with Crippen LogP contribution in [-0.4, -0.2) is 22.8 Å². The first-order valence-electron chi connectivity index (χ1n) is 6.71. The molecule has 21 heavy (non-hydrogen) atoms. The molecule has 0 fully saturated rings. The smallest absolute Gasteiger partial charge is 0.256 e. The Morgan fingerprint density at radius 2 is 2.00 bits per heavy atom. The predicted molar refractivity (Wildman–Crippen MR) is 80.5 cm³/mol. The van der Waals surface area contributed by atoms with Crippen molar-refractivity contribution in [3.63, 3.8) is 0 Å². The fourth-order valence-corrected chi connectivity index (χ4v) is 2.44. The van der Waals surface area contributed by atoms with E-state index in [2.05, 4.69) is 4.98 Å². The Hall–Kier alpha value is -2.62. The molecule has 1 aromatic heterocycles. The van der Waals surface area contributed by atoms with Gasteiger partial charge in [-0.3, -0.25) is 4.79 Å². The Morgan fingerprint density at radius 1 is 1.19 bits per heavy atom. The van der Waals surface area contributed by atoms with Gasteiger partial charge in [0.25, 0.3) is 5.91 Å². The SMILES string of the molecule is CN(Cc1cccc(F)c1)C(=O)c1c[nH]c2ccccc12. The number of aromatic amines is 1. The molecule has 0 saturated carbocycles. The van der Waals surface area contributed by atoms with Gasteiger partial charge in [0.2, 0.25) is 0 Å². The number of aromatic nitrogens is 1. The minimum Gasteiger partial charge on any atom is -0.360 e. The molecule has 3 nitrogen and oxygen atoms in total. The third-order valence-corrected chi connectivity index (χ3v) is 3.48. The number of H-pyrrole nitrogens is 1. The summed E-state index contributed by atoms with van der Waals surface area (Å²) in [7, 11) is 1.72. The zero-order valence-corrected chi connectivity index (χ0v) is 11.6. The minimum atomic E-state index is -0.291. The van der Waals surface area contributed by atoms with E-state index in [1.54, 1.807) is 24.2 Å². The zero-order chi connectivity index (χ0) is 14.8. The van der Waals surface area contributed by atoms with Crippen LogP contribution >= 0.6 is 0 Å². The molecule has 0 unspecified atom stereocenters. The van der Waals surface area contributed by atoms with Crippen LogP contribution in [0.25, 0.3) is 10.9 Å². The van der Waals surface area contributed by atoms with E-state index in [9.17, 15) is 9.18 Å². The molecular formula is C17H15FN2O. The highest BCUT2D eigenvalue weighted by atomic mass is 19.1. The van der Waals surface area contributed by atoms with Crippen LogP contribution < -0.4 is 0 Å². The monoisotopic (exact) mass is 282 g/mol. The lowest BCUT2D eigenvalue weighted by atomic mass is 10.1. The van der Waals surface area contributed by atoms with Crippen molar-refractivity contribution in [2.45, 2.75) is 6.54 Å². The van der Waals surface area contributed by atoms with Gasteiger partial charge in [-0.25, -0.2) is 4.39 Å². The maximum Gasteiger partial charge on any atom is 0.256 e. The van der Waals surface area contributed by atoms with Crippen molar-refractivity contribution in [3.8, 4) is 0 Å². The Kier molecular flexibility index (Phi) is 3.44. The number of hydrogen-bond acceptors (Lipinski definition) is 1. The summed E-state index contributed by atoms with van der Waals surface area (Å²) < 4.78 is 13.2. The van der Waals surface area contributed by atoms with E-state index in [0.717, 1.165) is 16.5 Å². The minimum absolute atomic E-state index is 0.0864. The normalized spacial score (nSPS) is 10.8. The highest BCUT2D eigenvalue weighted by Crippen LogP contribution is 2.19. The summed E-state index contributed by atoms with van der Waals surface area (Å²) in [6, 6.07) is 14.0. The summed E-state index contributed by atoms with van der Waals surface area (Å²) in [5.74, 6) is -0.378. The number of hydrogen-bond donors (Lipinski definition) is 1. The number of amides is 1. The van der Waals surface area contributed by atoms with E-state index >= 15 is 0 Å². The second-order valence-electron chi connectivity index (χ2n) is 5.04. The summed E-state index contributed by atoms with van der Waals surface area (Å²) in [6.07, 6.45) is 1.72. The second-order valence-corrected chi connectivity index (χ2v) is 5.04. The van der Waals surface area contributed by atoms with Crippen molar-refractivity contribution in [1.82, 2.24) is 9.88 Å². The zero-order valence-electron chi connectivity index (χ0n) is 11.6. The quantitative estimate of drug-likeness (QED) is 0.783. The van der Waals surface area contributed by atoms with Gasteiger partial charge in [0.05, 0.1) is 5.56 Å². The highest BCUT2D eigenvalue weighted by molar-refractivity contribution is 6.06. The average molecular weight is 282 g/mol. The number of para-hydroxylation sites is 1. The molecule has 3 aromatic rings. The molecule has 0 aliphatic carbocycles. The number of carbonyl (C=O) groups is 1. The largest absolute Gasteiger partial charge is 0.360 e. The number of nitrogens with zero attached hydrogens (tertiary/aromatic N) is 1. The molecule has 1 N–H and O–H groups in total. The van der Waals surface area contributed by atoms with Gasteiger partial charge in [0.1, 0.15) is 5.82 Å². The van der Waals surface area contributed by atoms with E-state index in [1.165, 1.54) is 12.1 Å². The number of benzene rings is 2. The summed E-state index contributed by atoms with van der Waals surface area (Å²) in [5, 5.41) is 0.897. The molecule has 1 amide bonds. The molecule has 0 bridgehead atoms. The van der Waals surface area contributed by atoms with Crippen LogP contribution in [0, 0.1) is 5.82 Å². The molecule has 0 saturated heterocycles. The van der Waals surface area contributed by atoms with Crippen molar-refractivity contribution in [2.24, 2.45) is 0 Å².